The molecule has 0 aliphatic carbocycles. The number of phenols is 1. The highest BCUT2D eigenvalue weighted by Gasteiger charge is 2.13. The van der Waals surface area contributed by atoms with Gasteiger partial charge in [-0.25, -0.2) is 4.98 Å². The lowest BCUT2D eigenvalue weighted by molar-refractivity contribution is 0.119. The van der Waals surface area contributed by atoms with Gasteiger partial charge in [0.1, 0.15) is 16.9 Å². The predicted molar refractivity (Wildman–Crippen MR) is 85.6 cm³/mol. The highest BCUT2D eigenvalue weighted by atomic mass is 32.1. The third-order valence-electron chi connectivity index (χ3n) is 3.41. The Kier molecular flexibility index (Phi) is 4.68. The Morgan fingerprint density at radius 1 is 1.22 bits per heavy atom. The molecule has 0 radical (unpaired) electrons. The van der Waals surface area contributed by atoms with E-state index in [-0.39, 0.29) is 11.9 Å². The van der Waals surface area contributed by atoms with E-state index in [1.54, 1.807) is 30.6 Å². The van der Waals surface area contributed by atoms with Gasteiger partial charge in [-0.2, -0.15) is 4.98 Å². The third-order valence-corrected chi connectivity index (χ3v) is 4.47. The van der Waals surface area contributed by atoms with Crippen LogP contribution in [-0.2, 0) is 17.6 Å². The van der Waals surface area contributed by atoms with Gasteiger partial charge in [0.15, 0.2) is 5.82 Å². The fraction of sp³-hybridized carbons (Fsp3) is 0.312. The molecule has 0 saturated heterocycles. The van der Waals surface area contributed by atoms with Crippen molar-refractivity contribution in [2.45, 2.75) is 25.9 Å². The molecule has 0 bridgehead atoms. The molecule has 7 heteroatoms. The van der Waals surface area contributed by atoms with Crippen LogP contribution in [0.25, 0.3) is 0 Å². The van der Waals surface area contributed by atoms with Crippen LogP contribution in [-0.4, -0.2) is 27.3 Å². The molecule has 120 valence electrons. The number of aromatic nitrogens is 3. The summed E-state index contributed by atoms with van der Waals surface area (Å²) in [6.07, 6.45) is 1.06. The second-order valence-electron chi connectivity index (χ2n) is 5.18. The minimum Gasteiger partial charge on any atom is -0.508 e. The molecular formula is C16H17N3O3S. The molecule has 0 unspecified atom stereocenters. The number of benzene rings is 1. The highest BCUT2D eigenvalue weighted by molar-refractivity contribution is 7.09. The van der Waals surface area contributed by atoms with Gasteiger partial charge in [-0.15, -0.1) is 11.3 Å². The molecule has 0 amide bonds. The molecule has 23 heavy (non-hydrogen) atoms. The summed E-state index contributed by atoms with van der Waals surface area (Å²) in [5.41, 5.74) is 1.91. The monoisotopic (exact) mass is 331 g/mol. The summed E-state index contributed by atoms with van der Waals surface area (Å²) in [6.45, 7) is 1.97. The first-order chi connectivity index (χ1) is 11.1. The highest BCUT2D eigenvalue weighted by Crippen LogP contribution is 2.21. The van der Waals surface area contributed by atoms with Crippen LogP contribution in [0.3, 0.4) is 0 Å². The minimum atomic E-state index is -0.0101. The van der Waals surface area contributed by atoms with E-state index in [4.69, 9.17) is 9.26 Å². The molecule has 1 N–H and O–H groups in total. The minimum absolute atomic E-state index is 0.0101. The maximum Gasteiger partial charge on any atom is 0.231 e. The number of thiazole rings is 1. The summed E-state index contributed by atoms with van der Waals surface area (Å²) in [6, 6.07) is 6.94. The van der Waals surface area contributed by atoms with Crippen molar-refractivity contribution < 1.29 is 14.4 Å². The van der Waals surface area contributed by atoms with Crippen molar-refractivity contribution in [3.05, 3.63) is 57.6 Å². The van der Waals surface area contributed by atoms with Gasteiger partial charge in [0, 0.05) is 12.5 Å². The van der Waals surface area contributed by atoms with E-state index < -0.39 is 0 Å². The zero-order chi connectivity index (χ0) is 16.2. The van der Waals surface area contributed by atoms with Gasteiger partial charge in [-0.3, -0.25) is 0 Å². The summed E-state index contributed by atoms with van der Waals surface area (Å²) < 4.78 is 10.5. The zero-order valence-electron chi connectivity index (χ0n) is 12.9. The van der Waals surface area contributed by atoms with Crippen molar-refractivity contribution in [3.8, 4) is 5.75 Å². The molecule has 1 aromatic carbocycles. The Morgan fingerprint density at radius 2 is 2.00 bits per heavy atom. The van der Waals surface area contributed by atoms with E-state index in [0.29, 0.717) is 24.6 Å². The summed E-state index contributed by atoms with van der Waals surface area (Å²) >= 11 is 1.57. The van der Waals surface area contributed by atoms with Gasteiger partial charge < -0.3 is 14.4 Å². The average molecular weight is 331 g/mol. The van der Waals surface area contributed by atoms with Crippen LogP contribution in [0.2, 0.25) is 0 Å². The number of nitrogens with zero attached hydrogens (tertiary/aromatic N) is 3. The van der Waals surface area contributed by atoms with Crippen molar-refractivity contribution >= 4 is 11.3 Å². The van der Waals surface area contributed by atoms with Crippen LogP contribution in [0.15, 0.2) is 34.2 Å². The zero-order valence-corrected chi connectivity index (χ0v) is 13.7. The molecule has 0 fully saturated rings. The summed E-state index contributed by atoms with van der Waals surface area (Å²) in [7, 11) is 1.67. The van der Waals surface area contributed by atoms with E-state index in [9.17, 15) is 5.11 Å². The lowest BCUT2D eigenvalue weighted by Gasteiger charge is -2.03. The number of rotatable bonds is 6. The van der Waals surface area contributed by atoms with Gasteiger partial charge >= 0.3 is 0 Å². The smallest absolute Gasteiger partial charge is 0.231 e. The molecule has 3 rings (SSSR count). The fourth-order valence-electron chi connectivity index (χ4n) is 2.08. The van der Waals surface area contributed by atoms with Crippen molar-refractivity contribution in [1.29, 1.82) is 0 Å². The van der Waals surface area contributed by atoms with Gasteiger partial charge in [0.05, 0.1) is 18.5 Å². The maximum atomic E-state index is 9.28. The Hall–Kier alpha value is -2.25. The van der Waals surface area contributed by atoms with Crippen LogP contribution < -0.4 is 0 Å². The number of ether oxygens (including phenoxy) is 1. The number of hydrogen-bond donors (Lipinski definition) is 1. The lowest BCUT2D eigenvalue weighted by Crippen LogP contribution is -1.97. The molecule has 3 aromatic rings. The molecule has 1 atom stereocenters. The van der Waals surface area contributed by atoms with E-state index in [1.807, 2.05) is 24.4 Å². The van der Waals surface area contributed by atoms with Crippen LogP contribution in [0, 0.1) is 0 Å². The topological polar surface area (TPSA) is 81.3 Å². The van der Waals surface area contributed by atoms with Crippen LogP contribution in [0.5, 0.6) is 5.75 Å². The number of phenolic OH excluding ortho intramolecular Hbond substituents is 1. The molecule has 2 aromatic heterocycles. The Balaban J connectivity index is 1.65. The number of aromatic hydroxyl groups is 1. The second kappa shape index (κ2) is 6.89. The van der Waals surface area contributed by atoms with E-state index in [1.165, 1.54) is 0 Å². The van der Waals surface area contributed by atoms with Crippen LogP contribution >= 0.6 is 11.3 Å². The van der Waals surface area contributed by atoms with Crippen LogP contribution in [0.1, 0.15) is 41.0 Å². The normalized spacial score (nSPS) is 12.4. The fourth-order valence-corrected chi connectivity index (χ4v) is 2.93. The first-order valence-electron chi connectivity index (χ1n) is 7.20. The maximum absolute atomic E-state index is 9.28. The van der Waals surface area contributed by atoms with Crippen molar-refractivity contribution in [1.82, 2.24) is 15.1 Å². The van der Waals surface area contributed by atoms with Gasteiger partial charge in [0.2, 0.25) is 5.89 Å². The molecule has 6 nitrogen and oxygen atoms in total. The summed E-state index contributed by atoms with van der Waals surface area (Å²) in [4.78, 5) is 8.91. The molecule has 0 aliphatic heterocycles. The molecule has 2 heterocycles. The predicted octanol–water partition coefficient (Wildman–Crippen LogP) is 3.12. The molecule has 0 aliphatic rings. The quantitative estimate of drug-likeness (QED) is 0.747. The second-order valence-corrected chi connectivity index (χ2v) is 6.07. The Bertz CT molecular complexity index is 767. The van der Waals surface area contributed by atoms with E-state index in [0.717, 1.165) is 16.3 Å². The van der Waals surface area contributed by atoms with Gasteiger partial charge in [0.25, 0.3) is 0 Å². The number of hydrogen-bond acceptors (Lipinski definition) is 7. The largest absolute Gasteiger partial charge is 0.508 e. The molecule has 0 saturated carbocycles. The van der Waals surface area contributed by atoms with Crippen molar-refractivity contribution in [2.75, 3.05) is 7.11 Å². The third kappa shape index (κ3) is 3.94. The molecular weight excluding hydrogens is 314 g/mol. The molecule has 0 spiro atoms. The SMILES string of the molecule is CO[C@H](C)c1nc(Cc2noc(Cc3ccc(O)cc3)n2)cs1. The number of methoxy groups -OCH3 is 1. The lowest BCUT2D eigenvalue weighted by atomic mass is 10.1. The first-order valence-corrected chi connectivity index (χ1v) is 8.08. The van der Waals surface area contributed by atoms with Crippen molar-refractivity contribution in [2.24, 2.45) is 0 Å². The summed E-state index contributed by atoms with van der Waals surface area (Å²) in [5.74, 6) is 1.40. The first kappa shape index (κ1) is 15.6. The average Bonchev–Trinajstić information content (AvgIpc) is 3.19. The Labute approximate surface area is 137 Å². The van der Waals surface area contributed by atoms with Crippen molar-refractivity contribution in [3.63, 3.8) is 0 Å². The Morgan fingerprint density at radius 3 is 2.74 bits per heavy atom. The van der Waals surface area contributed by atoms with Gasteiger partial charge in [-0.1, -0.05) is 17.3 Å². The standard InChI is InChI=1S/C16H17N3O3S/c1-10(21-2)16-17-12(9-23-16)8-14-18-15(22-19-14)7-11-3-5-13(20)6-4-11/h3-6,9-10,20H,7-8H2,1-2H3/t10-/m1/s1. The van der Waals surface area contributed by atoms with Gasteiger partial charge in [-0.05, 0) is 24.6 Å². The van der Waals surface area contributed by atoms with E-state index >= 15 is 0 Å². The summed E-state index contributed by atoms with van der Waals surface area (Å²) in [5, 5.41) is 16.2. The van der Waals surface area contributed by atoms with Crippen LogP contribution in [0.4, 0.5) is 0 Å². The van der Waals surface area contributed by atoms with E-state index in [2.05, 4.69) is 15.1 Å².